The summed E-state index contributed by atoms with van der Waals surface area (Å²) in [6.07, 6.45) is 0. The summed E-state index contributed by atoms with van der Waals surface area (Å²) in [7, 11) is 9.25. The fourth-order valence-corrected chi connectivity index (χ4v) is 12.3. The number of phenols is 4. The van der Waals surface area contributed by atoms with Crippen molar-refractivity contribution in [1.29, 1.82) is 0 Å². The van der Waals surface area contributed by atoms with E-state index in [1.807, 2.05) is 60.7 Å². The Balaban J connectivity index is 0.000000175. The van der Waals surface area contributed by atoms with Gasteiger partial charge >= 0.3 is 0 Å². The van der Waals surface area contributed by atoms with Gasteiger partial charge in [0.2, 0.25) is 17.2 Å². The number of nitrogens with one attached hydrogen (secondary N) is 1. The third kappa shape index (κ3) is 21.4. The van der Waals surface area contributed by atoms with Crippen LogP contribution in [0.3, 0.4) is 0 Å². The Morgan fingerprint density at radius 3 is 0.958 bits per heavy atom. The highest BCUT2D eigenvalue weighted by Crippen LogP contribution is 2.43. The van der Waals surface area contributed by atoms with Crippen molar-refractivity contribution in [2.45, 2.75) is 0 Å². The van der Waals surface area contributed by atoms with Crippen LogP contribution >= 0.6 is 104 Å². The summed E-state index contributed by atoms with van der Waals surface area (Å²) in [6.45, 7) is 15.0. The van der Waals surface area contributed by atoms with Gasteiger partial charge in [-0.25, -0.2) is 0 Å². The van der Waals surface area contributed by atoms with E-state index in [0.29, 0.717) is 99.9 Å². The van der Waals surface area contributed by atoms with E-state index >= 15 is 0 Å². The first-order valence-electron chi connectivity index (χ1n) is 30.3. The maximum atomic E-state index is 9.49. The second-order valence-corrected chi connectivity index (χ2v) is 24.9. The predicted octanol–water partition coefficient (Wildman–Crippen LogP) is 14.6. The van der Waals surface area contributed by atoms with Crippen molar-refractivity contribution in [3.8, 4) is 69.0 Å². The van der Waals surface area contributed by atoms with Gasteiger partial charge in [-0.3, -0.25) is 14.7 Å². The van der Waals surface area contributed by atoms with E-state index < -0.39 is 17.2 Å². The zero-order valence-corrected chi connectivity index (χ0v) is 60.7. The molecule has 0 aromatic heterocycles. The molecular formula is C67H79Cl9N8O12. The standard InChI is InChI=1S/C20H24Cl2N2O4.C17H18Cl2N2O4.C11H13Cl3N2.C10H12Cl2N2.C9H12O4/c1-25-17-11-14(12-18(26-2)20(17)27-3)28-13-23-7-9-24(10-8-23)16-6-4-5-15(21)19(16)22;18-12-2-1-3-13(16(12)19)21-6-4-20(5-7-21)10-25-11-8-14(22)17(24)15(23)9-11;12-8-15-4-6-16(7-5-15)10-3-1-2-9(13)11(10)14;11-8-2-1-3-9(10(8)12)14-6-4-13-5-7-14;1-11-7-4-6(10)5-8(12-2)9(7)13-3/h4-6,11-12H,7-10,13H2,1-3H3;1-3,8-9,22-24H,4-7,10H2;1-3H,4-8H2;1-3,13H,4-7H2;4-5,10H,1-3H3. The fraction of sp³-hybridized carbons (Fsp3) is 0.373. The maximum Gasteiger partial charge on any atom is 0.203 e. The Morgan fingerprint density at radius 1 is 0.365 bits per heavy atom. The summed E-state index contributed by atoms with van der Waals surface area (Å²) in [5, 5.41) is 45.7. The summed E-state index contributed by atoms with van der Waals surface area (Å²) < 4.78 is 42.6. The second kappa shape index (κ2) is 38.8. The molecule has 0 amide bonds. The Kier molecular flexibility index (Phi) is 31.2. The van der Waals surface area contributed by atoms with Gasteiger partial charge in [-0.15, -0.1) is 11.6 Å². The average Bonchev–Trinajstić information content (AvgIpc) is 0.970. The Morgan fingerprint density at radius 2 is 0.656 bits per heavy atom. The first-order chi connectivity index (χ1) is 46.2. The van der Waals surface area contributed by atoms with Crippen LogP contribution in [-0.4, -0.2) is 202 Å². The van der Waals surface area contributed by atoms with Crippen molar-refractivity contribution in [2.24, 2.45) is 0 Å². The van der Waals surface area contributed by atoms with Gasteiger partial charge in [-0.05, 0) is 48.5 Å². The monoisotopic (exact) mass is 1500 g/mol. The number of hydrogen-bond donors (Lipinski definition) is 5. The molecule has 4 heterocycles. The van der Waals surface area contributed by atoms with Gasteiger partial charge in [-0.2, -0.15) is 0 Å². The van der Waals surface area contributed by atoms with E-state index in [-0.39, 0.29) is 11.5 Å². The molecule has 0 unspecified atom stereocenters. The molecule has 11 rings (SSSR count). The number of phenolic OH excluding ortho intramolecular Hbond substituents is 4. The molecule has 96 heavy (non-hydrogen) atoms. The van der Waals surface area contributed by atoms with Gasteiger partial charge in [0.05, 0.1) is 112 Å². The number of nitrogens with zero attached hydrogens (tertiary/aromatic N) is 7. The van der Waals surface area contributed by atoms with E-state index in [0.717, 1.165) is 127 Å². The van der Waals surface area contributed by atoms with Crippen molar-refractivity contribution >= 4 is 127 Å². The smallest absolute Gasteiger partial charge is 0.203 e. The van der Waals surface area contributed by atoms with Gasteiger partial charge in [0.15, 0.2) is 34.5 Å². The van der Waals surface area contributed by atoms with Gasteiger partial charge in [-0.1, -0.05) is 117 Å². The quantitative estimate of drug-likeness (QED) is 0.0328. The molecule has 4 fully saturated rings. The maximum absolute atomic E-state index is 9.49. The molecule has 0 spiro atoms. The number of rotatable bonds is 17. The summed E-state index contributed by atoms with van der Waals surface area (Å²) >= 11 is 54.9. The third-order valence-corrected chi connectivity index (χ3v) is 19.2. The molecule has 5 N–H and O–H groups in total. The molecule has 0 radical (unpaired) electrons. The number of halogens is 9. The minimum Gasteiger partial charge on any atom is -0.508 e. The van der Waals surface area contributed by atoms with Crippen LogP contribution in [-0.2, 0) is 0 Å². The number of benzene rings is 7. The zero-order valence-electron chi connectivity index (χ0n) is 53.9. The van der Waals surface area contributed by atoms with Crippen molar-refractivity contribution in [1.82, 2.24) is 20.0 Å². The Bertz CT molecular complexity index is 3530. The number of piperazine rings is 4. The number of methoxy groups -OCH3 is 6. The molecule has 522 valence electrons. The predicted molar refractivity (Wildman–Crippen MR) is 389 cm³/mol. The largest absolute Gasteiger partial charge is 0.508 e. The van der Waals surface area contributed by atoms with Crippen LogP contribution in [0.15, 0.2) is 109 Å². The number of ether oxygens (including phenoxy) is 8. The minimum absolute atomic E-state index is 0.0782. The van der Waals surface area contributed by atoms with E-state index in [1.54, 1.807) is 45.6 Å². The number of hydrogen-bond acceptors (Lipinski definition) is 20. The number of alkyl halides is 1. The molecule has 4 aliphatic rings. The molecule has 7 aromatic rings. The highest BCUT2D eigenvalue weighted by molar-refractivity contribution is 6.45. The molecule has 0 saturated carbocycles. The highest BCUT2D eigenvalue weighted by Gasteiger charge is 2.25. The minimum atomic E-state index is -0.556. The van der Waals surface area contributed by atoms with Gasteiger partial charge < -0.3 is 83.2 Å². The molecule has 4 aliphatic heterocycles. The summed E-state index contributed by atoms with van der Waals surface area (Å²) in [5.74, 6) is 2.67. The van der Waals surface area contributed by atoms with Crippen LogP contribution in [0.4, 0.5) is 22.7 Å². The summed E-state index contributed by atoms with van der Waals surface area (Å²) in [4.78, 5) is 15.4. The molecule has 20 nitrogen and oxygen atoms in total. The summed E-state index contributed by atoms with van der Waals surface area (Å²) in [5.41, 5.74) is 3.95. The van der Waals surface area contributed by atoms with Crippen LogP contribution in [0, 0.1) is 0 Å². The van der Waals surface area contributed by atoms with Gasteiger partial charge in [0.1, 0.15) is 30.7 Å². The molecular weight excluding hydrogens is 1430 g/mol. The molecule has 0 atom stereocenters. The molecule has 0 bridgehead atoms. The third-order valence-electron chi connectivity index (χ3n) is 15.6. The highest BCUT2D eigenvalue weighted by atomic mass is 35.5. The SMILES string of the molecule is COc1cc(O)cc(OC)c1OC.COc1cc(OCN2CCN(c3cccc(Cl)c3Cl)CC2)cc(OC)c1OC.ClCN1CCN(c2cccc(Cl)c2Cl)CC1.Clc1cccc(N2CCNCC2)c1Cl.Oc1cc(OCN2CCN(c3cccc(Cl)c3Cl)CC2)cc(O)c1O. The first-order valence-corrected chi connectivity index (χ1v) is 33.8. The lowest BCUT2D eigenvalue weighted by Crippen LogP contribution is -2.47. The fourth-order valence-electron chi connectivity index (χ4n) is 10.4. The van der Waals surface area contributed by atoms with Crippen LogP contribution in [0.25, 0.3) is 0 Å². The van der Waals surface area contributed by atoms with Crippen LogP contribution < -0.4 is 62.8 Å². The summed E-state index contributed by atoms with van der Waals surface area (Å²) in [6, 6.07) is 32.4. The van der Waals surface area contributed by atoms with Crippen molar-refractivity contribution < 1.29 is 58.3 Å². The lowest BCUT2D eigenvalue weighted by Gasteiger charge is -2.36. The average molecular weight is 1510 g/mol. The zero-order chi connectivity index (χ0) is 69.4. The van der Waals surface area contributed by atoms with E-state index in [9.17, 15) is 20.4 Å². The molecule has 4 saturated heterocycles. The normalized spacial score (nSPS) is 15.0. The van der Waals surface area contributed by atoms with E-state index in [4.69, 9.17) is 142 Å². The van der Waals surface area contributed by atoms with Gasteiger partial charge in [0, 0.05) is 141 Å². The van der Waals surface area contributed by atoms with Crippen LogP contribution in [0.2, 0.25) is 40.2 Å². The first kappa shape index (κ1) is 77.1. The Hall–Kier alpha value is -6.21. The molecule has 0 aliphatic carbocycles. The topological polar surface area (TPSA) is 189 Å². The number of aromatic hydroxyl groups is 4. The second-order valence-electron chi connectivity index (χ2n) is 21.6. The van der Waals surface area contributed by atoms with Crippen molar-refractivity contribution in [2.75, 3.05) is 186 Å². The van der Waals surface area contributed by atoms with Crippen LogP contribution in [0.5, 0.6) is 69.0 Å². The lowest BCUT2D eigenvalue weighted by atomic mass is 10.2. The Labute approximate surface area is 606 Å². The van der Waals surface area contributed by atoms with E-state index in [2.05, 4.69) is 39.6 Å². The van der Waals surface area contributed by atoms with Crippen molar-refractivity contribution in [3.05, 3.63) is 149 Å². The van der Waals surface area contributed by atoms with E-state index in [1.165, 1.54) is 45.6 Å². The van der Waals surface area contributed by atoms with Crippen molar-refractivity contribution in [3.63, 3.8) is 0 Å². The molecule has 7 aromatic carbocycles. The van der Waals surface area contributed by atoms with Crippen LogP contribution in [0.1, 0.15) is 0 Å². The molecule has 29 heteroatoms. The number of anilines is 4. The lowest BCUT2D eigenvalue weighted by molar-refractivity contribution is 0.119. The van der Waals surface area contributed by atoms with Gasteiger partial charge in [0.25, 0.3) is 0 Å².